The molecule has 4 heteroatoms. The maximum atomic E-state index is 12.0. The van der Waals surface area contributed by atoms with Gasteiger partial charge in [-0.25, -0.2) is 0 Å². The van der Waals surface area contributed by atoms with Gasteiger partial charge in [-0.3, -0.25) is 4.79 Å². The molecule has 0 saturated carbocycles. The molecule has 0 spiro atoms. The number of hydrogen-bond acceptors (Lipinski definition) is 2. The van der Waals surface area contributed by atoms with Crippen molar-refractivity contribution in [2.75, 3.05) is 7.11 Å². The van der Waals surface area contributed by atoms with Crippen molar-refractivity contribution in [1.82, 2.24) is 0 Å². The second-order valence-electron chi connectivity index (χ2n) is 3.86. The molecule has 0 aliphatic heterocycles. The van der Waals surface area contributed by atoms with Crippen LogP contribution in [0.3, 0.4) is 0 Å². The van der Waals surface area contributed by atoms with E-state index in [9.17, 15) is 4.79 Å². The van der Waals surface area contributed by atoms with Crippen LogP contribution in [0.4, 0.5) is 0 Å². The van der Waals surface area contributed by atoms with Crippen LogP contribution >= 0.6 is 27.5 Å². The predicted molar refractivity (Wildman–Crippen MR) is 69.9 cm³/mol. The Hall–Kier alpha value is -0.540. The fraction of sp³-hybridized carbons (Fsp3) is 0.417. The van der Waals surface area contributed by atoms with E-state index in [1.54, 1.807) is 25.3 Å². The van der Waals surface area contributed by atoms with Gasteiger partial charge in [0.25, 0.3) is 0 Å². The number of benzene rings is 1. The maximum absolute atomic E-state index is 12.0. The van der Waals surface area contributed by atoms with Crippen LogP contribution in [-0.2, 0) is 0 Å². The summed E-state index contributed by atoms with van der Waals surface area (Å²) in [4.78, 5) is 11.8. The molecule has 0 bridgehead atoms. The average molecular weight is 306 g/mol. The van der Waals surface area contributed by atoms with Gasteiger partial charge in [-0.2, -0.15) is 0 Å². The highest BCUT2D eigenvalue weighted by Crippen LogP contribution is 2.27. The summed E-state index contributed by atoms with van der Waals surface area (Å²) in [6, 6.07) is 5.07. The molecule has 0 radical (unpaired) electrons. The Kier molecular flexibility index (Phi) is 4.81. The van der Waals surface area contributed by atoms with Crippen LogP contribution in [0.25, 0.3) is 0 Å². The molecule has 0 saturated heterocycles. The Morgan fingerprint density at radius 2 is 2.06 bits per heavy atom. The molecule has 1 aromatic carbocycles. The predicted octanol–water partition coefficient (Wildman–Crippen LogP) is 3.95. The lowest BCUT2D eigenvalue weighted by Crippen LogP contribution is -2.19. The molecule has 1 unspecified atom stereocenters. The van der Waals surface area contributed by atoms with Crippen molar-refractivity contribution in [3.05, 3.63) is 28.8 Å². The quantitative estimate of drug-likeness (QED) is 0.622. The number of halogens is 2. The van der Waals surface area contributed by atoms with E-state index >= 15 is 0 Å². The molecule has 16 heavy (non-hydrogen) atoms. The second kappa shape index (κ2) is 5.69. The van der Waals surface area contributed by atoms with E-state index in [-0.39, 0.29) is 16.5 Å². The number of carbonyl (C=O) groups is 1. The van der Waals surface area contributed by atoms with E-state index in [4.69, 9.17) is 16.3 Å². The highest BCUT2D eigenvalue weighted by atomic mass is 79.9. The Morgan fingerprint density at radius 1 is 1.44 bits per heavy atom. The summed E-state index contributed by atoms with van der Waals surface area (Å²) in [5.74, 6) is 0.863. The first-order valence-electron chi connectivity index (χ1n) is 4.99. The monoisotopic (exact) mass is 304 g/mol. The van der Waals surface area contributed by atoms with E-state index in [1.807, 2.05) is 13.8 Å². The van der Waals surface area contributed by atoms with Crippen LogP contribution in [0.15, 0.2) is 18.2 Å². The fourth-order valence-electron chi connectivity index (χ4n) is 1.28. The van der Waals surface area contributed by atoms with E-state index in [0.717, 1.165) is 0 Å². The van der Waals surface area contributed by atoms with Crippen molar-refractivity contribution in [3.63, 3.8) is 0 Å². The molecular weight excluding hydrogens is 291 g/mol. The van der Waals surface area contributed by atoms with Crippen molar-refractivity contribution in [1.29, 1.82) is 0 Å². The molecule has 0 aliphatic rings. The lowest BCUT2D eigenvalue weighted by molar-refractivity contribution is 0.0978. The van der Waals surface area contributed by atoms with E-state index in [0.29, 0.717) is 16.3 Å². The van der Waals surface area contributed by atoms with Crippen molar-refractivity contribution in [2.45, 2.75) is 18.7 Å². The highest BCUT2D eigenvalue weighted by Gasteiger charge is 2.20. The van der Waals surface area contributed by atoms with Gasteiger partial charge in [0.1, 0.15) is 5.75 Å². The Balaban J connectivity index is 2.97. The van der Waals surface area contributed by atoms with Gasteiger partial charge in [-0.05, 0) is 24.1 Å². The molecule has 0 N–H and O–H groups in total. The van der Waals surface area contributed by atoms with Gasteiger partial charge in [0, 0.05) is 5.56 Å². The summed E-state index contributed by atoms with van der Waals surface area (Å²) in [6.07, 6.45) is 0. The molecule has 1 rings (SSSR count). The summed E-state index contributed by atoms with van der Waals surface area (Å²) >= 11 is 9.35. The van der Waals surface area contributed by atoms with Gasteiger partial charge in [0.2, 0.25) is 0 Å². The first kappa shape index (κ1) is 13.5. The molecule has 0 amide bonds. The second-order valence-corrected chi connectivity index (χ2v) is 5.25. The number of carbonyl (C=O) groups excluding carboxylic acids is 1. The summed E-state index contributed by atoms with van der Waals surface area (Å²) in [5.41, 5.74) is 0.598. The van der Waals surface area contributed by atoms with Gasteiger partial charge in [-0.15, -0.1) is 0 Å². The van der Waals surface area contributed by atoms with Crippen LogP contribution in [0.1, 0.15) is 24.2 Å². The molecular formula is C12H14BrClO2. The summed E-state index contributed by atoms with van der Waals surface area (Å²) < 4.78 is 5.03. The lowest BCUT2D eigenvalue weighted by Gasteiger charge is -2.13. The Labute approximate surface area is 109 Å². The number of hydrogen-bond donors (Lipinski definition) is 0. The summed E-state index contributed by atoms with van der Waals surface area (Å²) in [6.45, 7) is 3.98. The van der Waals surface area contributed by atoms with E-state index in [2.05, 4.69) is 15.9 Å². The van der Waals surface area contributed by atoms with Gasteiger partial charge in [0.05, 0.1) is 17.0 Å². The zero-order valence-corrected chi connectivity index (χ0v) is 11.8. The van der Waals surface area contributed by atoms with Crippen LogP contribution in [0.5, 0.6) is 5.75 Å². The number of Topliss-reactive ketones (excluding diaryl/α,β-unsaturated/α-hetero) is 1. The SMILES string of the molecule is COc1ccc(C(=O)C(Br)C(C)C)cc1Cl. The lowest BCUT2D eigenvalue weighted by atomic mass is 10.0. The largest absolute Gasteiger partial charge is 0.495 e. The minimum atomic E-state index is -0.183. The van der Waals surface area contributed by atoms with Gasteiger partial charge >= 0.3 is 0 Å². The smallest absolute Gasteiger partial charge is 0.176 e. The third-order valence-electron chi connectivity index (χ3n) is 2.27. The Morgan fingerprint density at radius 3 is 2.50 bits per heavy atom. The third-order valence-corrected chi connectivity index (χ3v) is 4.04. The minimum absolute atomic E-state index is 0.0413. The first-order chi connectivity index (χ1) is 7.47. The van der Waals surface area contributed by atoms with Crippen molar-refractivity contribution in [3.8, 4) is 5.75 Å². The van der Waals surface area contributed by atoms with Gasteiger partial charge in [0.15, 0.2) is 5.78 Å². The van der Waals surface area contributed by atoms with Crippen molar-refractivity contribution >= 4 is 33.3 Å². The molecule has 0 aromatic heterocycles. The topological polar surface area (TPSA) is 26.3 Å². The summed E-state index contributed by atoms with van der Waals surface area (Å²) in [7, 11) is 1.55. The molecule has 1 aromatic rings. The minimum Gasteiger partial charge on any atom is -0.495 e. The molecule has 0 aliphatic carbocycles. The first-order valence-corrected chi connectivity index (χ1v) is 6.28. The number of ketones is 1. The zero-order valence-electron chi connectivity index (χ0n) is 9.46. The molecule has 1 atom stereocenters. The van der Waals surface area contributed by atoms with Crippen LogP contribution in [0, 0.1) is 5.92 Å². The van der Waals surface area contributed by atoms with Crippen molar-refractivity contribution in [2.24, 2.45) is 5.92 Å². The van der Waals surface area contributed by atoms with Gasteiger partial charge < -0.3 is 4.74 Å². The van der Waals surface area contributed by atoms with Crippen LogP contribution < -0.4 is 4.74 Å². The maximum Gasteiger partial charge on any atom is 0.176 e. The number of methoxy groups -OCH3 is 1. The van der Waals surface area contributed by atoms with Crippen LogP contribution in [-0.4, -0.2) is 17.7 Å². The van der Waals surface area contributed by atoms with E-state index < -0.39 is 0 Å². The third kappa shape index (κ3) is 2.98. The number of ether oxygens (including phenoxy) is 1. The molecule has 88 valence electrons. The fourth-order valence-corrected chi connectivity index (χ4v) is 1.80. The zero-order chi connectivity index (χ0) is 12.3. The van der Waals surface area contributed by atoms with Crippen LogP contribution in [0.2, 0.25) is 5.02 Å². The normalized spacial score (nSPS) is 12.6. The number of rotatable bonds is 4. The van der Waals surface area contributed by atoms with Gasteiger partial charge in [-0.1, -0.05) is 41.4 Å². The van der Waals surface area contributed by atoms with E-state index in [1.165, 1.54) is 0 Å². The highest BCUT2D eigenvalue weighted by molar-refractivity contribution is 9.10. The molecule has 0 heterocycles. The number of alkyl halides is 1. The standard InChI is InChI=1S/C12H14BrClO2/c1-7(2)11(13)12(15)8-4-5-10(16-3)9(14)6-8/h4-7,11H,1-3H3. The Bertz CT molecular complexity index is 391. The van der Waals surface area contributed by atoms with Crippen molar-refractivity contribution < 1.29 is 9.53 Å². The summed E-state index contributed by atoms with van der Waals surface area (Å²) in [5, 5.41) is 0.455. The molecule has 0 fully saturated rings. The average Bonchev–Trinajstić information content (AvgIpc) is 2.26. The molecule has 2 nitrogen and oxygen atoms in total.